The monoisotopic (exact) mass is 362 g/mol. The van der Waals surface area contributed by atoms with Crippen LogP contribution in [0.15, 0.2) is 6.07 Å². The molecule has 0 aromatic carbocycles. The molecule has 0 spiro atoms. The molecule has 1 amide bonds. The Morgan fingerprint density at radius 3 is 2.65 bits per heavy atom. The molecular weight excluding hydrogens is 328 g/mol. The molecule has 3 rings (SSSR count). The maximum absolute atomic E-state index is 12.5. The van der Waals surface area contributed by atoms with Crippen LogP contribution < -0.4 is 5.32 Å². The summed E-state index contributed by atoms with van der Waals surface area (Å²) in [6, 6.07) is 2.25. The summed E-state index contributed by atoms with van der Waals surface area (Å²) in [6.07, 6.45) is 2.50. The van der Waals surface area contributed by atoms with E-state index in [0.29, 0.717) is 19.0 Å². The molecule has 1 N–H and O–H groups in total. The van der Waals surface area contributed by atoms with E-state index in [4.69, 9.17) is 9.84 Å². The maximum atomic E-state index is 12.5. The summed E-state index contributed by atoms with van der Waals surface area (Å²) in [5.74, 6) is 0.657. The predicted octanol–water partition coefficient (Wildman–Crippen LogP) is 2.14. The Balaban J connectivity index is 1.53. The predicted molar refractivity (Wildman–Crippen MR) is 102 cm³/mol. The Hall–Kier alpha value is -1.40. The van der Waals surface area contributed by atoms with Crippen LogP contribution in [-0.2, 0) is 21.5 Å². The maximum Gasteiger partial charge on any atom is 0.224 e. The minimum Gasteiger partial charge on any atom is -0.379 e. The molecule has 1 saturated heterocycles. The highest BCUT2D eigenvalue weighted by atomic mass is 16.5. The Labute approximate surface area is 157 Å². The van der Waals surface area contributed by atoms with E-state index in [0.717, 1.165) is 32.8 Å². The Morgan fingerprint density at radius 1 is 1.35 bits per heavy atom. The van der Waals surface area contributed by atoms with Crippen LogP contribution >= 0.6 is 0 Å². The minimum absolute atomic E-state index is 0.0344. The van der Waals surface area contributed by atoms with E-state index in [9.17, 15) is 4.79 Å². The highest BCUT2D eigenvalue weighted by Gasteiger charge is 2.30. The summed E-state index contributed by atoms with van der Waals surface area (Å²) >= 11 is 0. The molecule has 26 heavy (non-hydrogen) atoms. The normalized spacial score (nSPS) is 20.2. The van der Waals surface area contributed by atoms with Crippen LogP contribution in [0.4, 0.5) is 0 Å². The Kier molecular flexibility index (Phi) is 6.03. The standard InChI is InChI=1S/C20H34N4O2/c1-15(19(25)21-7-8-23-9-11-26-12-10-23)14-24-18(20(2,3)4)13-17(22-24)16-5-6-16/h13,15-16H,5-12,14H2,1-4H3,(H,21,25). The van der Waals surface area contributed by atoms with E-state index in [2.05, 4.69) is 41.7 Å². The van der Waals surface area contributed by atoms with Crippen LogP contribution in [0.1, 0.15) is 57.8 Å². The number of hydrogen-bond donors (Lipinski definition) is 1. The lowest BCUT2D eigenvalue weighted by molar-refractivity contribution is -0.125. The van der Waals surface area contributed by atoms with Crippen LogP contribution in [0.2, 0.25) is 0 Å². The van der Waals surface area contributed by atoms with Gasteiger partial charge < -0.3 is 10.1 Å². The molecule has 1 aliphatic heterocycles. The molecule has 1 aromatic rings. The average molecular weight is 363 g/mol. The molecule has 1 saturated carbocycles. The van der Waals surface area contributed by atoms with Gasteiger partial charge in [0.2, 0.25) is 5.91 Å². The van der Waals surface area contributed by atoms with Crippen LogP contribution in [0.5, 0.6) is 0 Å². The summed E-state index contributed by atoms with van der Waals surface area (Å²) in [6.45, 7) is 14.4. The number of amides is 1. The van der Waals surface area contributed by atoms with E-state index < -0.39 is 0 Å². The number of carbonyl (C=O) groups is 1. The number of aromatic nitrogens is 2. The molecule has 6 heteroatoms. The average Bonchev–Trinajstić information content (AvgIpc) is 3.35. The third-order valence-electron chi connectivity index (χ3n) is 5.29. The first-order valence-electron chi connectivity index (χ1n) is 10.0. The van der Waals surface area contributed by atoms with Crippen molar-refractivity contribution in [2.45, 2.75) is 58.4 Å². The van der Waals surface area contributed by atoms with Gasteiger partial charge >= 0.3 is 0 Å². The second-order valence-corrected chi connectivity index (χ2v) is 8.81. The van der Waals surface area contributed by atoms with Crippen molar-refractivity contribution in [3.63, 3.8) is 0 Å². The molecule has 1 atom stereocenters. The van der Waals surface area contributed by atoms with Crippen molar-refractivity contribution >= 4 is 5.91 Å². The van der Waals surface area contributed by atoms with E-state index in [1.165, 1.54) is 24.2 Å². The van der Waals surface area contributed by atoms with E-state index >= 15 is 0 Å². The highest BCUT2D eigenvalue weighted by Crippen LogP contribution is 2.40. The molecule has 2 heterocycles. The molecule has 1 unspecified atom stereocenters. The first kappa shape index (κ1) is 19.4. The van der Waals surface area contributed by atoms with Gasteiger partial charge in [0, 0.05) is 43.2 Å². The Bertz CT molecular complexity index is 610. The van der Waals surface area contributed by atoms with Crippen LogP contribution in [0.3, 0.4) is 0 Å². The summed E-state index contributed by atoms with van der Waals surface area (Å²) in [4.78, 5) is 14.8. The van der Waals surface area contributed by atoms with Crippen LogP contribution in [-0.4, -0.2) is 60.0 Å². The molecule has 1 aliphatic carbocycles. The summed E-state index contributed by atoms with van der Waals surface area (Å²) in [7, 11) is 0. The number of carbonyl (C=O) groups excluding carboxylic acids is 1. The van der Waals surface area contributed by atoms with Gasteiger partial charge in [0.05, 0.1) is 31.4 Å². The van der Waals surface area contributed by atoms with Crippen molar-refractivity contribution in [2.75, 3.05) is 39.4 Å². The Morgan fingerprint density at radius 2 is 2.04 bits per heavy atom. The van der Waals surface area contributed by atoms with E-state index in [1.54, 1.807) is 0 Å². The van der Waals surface area contributed by atoms with Crippen molar-refractivity contribution in [1.29, 1.82) is 0 Å². The van der Waals surface area contributed by atoms with Crippen molar-refractivity contribution < 1.29 is 9.53 Å². The third kappa shape index (κ3) is 5.07. The van der Waals surface area contributed by atoms with Crippen molar-refractivity contribution in [1.82, 2.24) is 20.0 Å². The largest absolute Gasteiger partial charge is 0.379 e. The van der Waals surface area contributed by atoms with Gasteiger partial charge in [-0.2, -0.15) is 5.10 Å². The number of morpholine rings is 1. The van der Waals surface area contributed by atoms with Gasteiger partial charge in [-0.05, 0) is 18.9 Å². The number of hydrogen-bond acceptors (Lipinski definition) is 4. The lowest BCUT2D eigenvalue weighted by Gasteiger charge is -2.26. The van der Waals surface area contributed by atoms with Crippen LogP contribution in [0, 0.1) is 5.92 Å². The number of nitrogens with one attached hydrogen (secondary N) is 1. The van der Waals surface area contributed by atoms with Gasteiger partial charge in [-0.25, -0.2) is 0 Å². The quantitative estimate of drug-likeness (QED) is 0.807. The number of nitrogens with zero attached hydrogens (tertiary/aromatic N) is 3. The van der Waals surface area contributed by atoms with Crippen molar-refractivity contribution in [2.24, 2.45) is 5.92 Å². The summed E-state index contributed by atoms with van der Waals surface area (Å²) in [5.41, 5.74) is 2.47. The molecule has 6 nitrogen and oxygen atoms in total. The molecular formula is C20H34N4O2. The fourth-order valence-corrected chi connectivity index (χ4v) is 3.44. The van der Waals surface area contributed by atoms with E-state index in [-0.39, 0.29) is 17.2 Å². The first-order valence-corrected chi connectivity index (χ1v) is 10.0. The molecule has 2 fully saturated rings. The molecule has 1 aromatic heterocycles. The zero-order valence-electron chi connectivity index (χ0n) is 16.8. The first-order chi connectivity index (χ1) is 12.3. The SMILES string of the molecule is CC(Cn1nc(C2CC2)cc1C(C)(C)C)C(=O)NCCN1CCOCC1. The molecule has 2 aliphatic rings. The zero-order chi connectivity index (χ0) is 18.7. The topological polar surface area (TPSA) is 59.4 Å². The second kappa shape index (κ2) is 8.09. The summed E-state index contributed by atoms with van der Waals surface area (Å²) < 4.78 is 7.42. The molecule has 146 valence electrons. The zero-order valence-corrected chi connectivity index (χ0v) is 16.8. The van der Waals surface area contributed by atoms with Crippen LogP contribution in [0.25, 0.3) is 0 Å². The van der Waals surface area contributed by atoms with Gasteiger partial charge in [0.25, 0.3) is 0 Å². The van der Waals surface area contributed by atoms with Gasteiger partial charge in [-0.1, -0.05) is 27.7 Å². The smallest absolute Gasteiger partial charge is 0.224 e. The van der Waals surface area contributed by atoms with Crippen molar-refractivity contribution in [3.05, 3.63) is 17.5 Å². The molecule has 0 bridgehead atoms. The van der Waals surface area contributed by atoms with E-state index in [1.807, 2.05) is 6.92 Å². The van der Waals surface area contributed by atoms with Gasteiger partial charge in [-0.3, -0.25) is 14.4 Å². The van der Waals surface area contributed by atoms with Crippen molar-refractivity contribution in [3.8, 4) is 0 Å². The van der Waals surface area contributed by atoms with Gasteiger partial charge in [0.1, 0.15) is 0 Å². The second-order valence-electron chi connectivity index (χ2n) is 8.81. The third-order valence-corrected chi connectivity index (χ3v) is 5.29. The van der Waals surface area contributed by atoms with Gasteiger partial charge in [0.15, 0.2) is 0 Å². The minimum atomic E-state index is -0.0901. The highest BCUT2D eigenvalue weighted by molar-refractivity contribution is 5.78. The lowest BCUT2D eigenvalue weighted by atomic mass is 9.91. The summed E-state index contributed by atoms with van der Waals surface area (Å²) in [5, 5.41) is 7.92. The number of rotatable bonds is 7. The fourth-order valence-electron chi connectivity index (χ4n) is 3.44. The molecule has 0 radical (unpaired) electrons. The number of ether oxygens (including phenoxy) is 1. The lowest BCUT2D eigenvalue weighted by Crippen LogP contribution is -2.42. The fraction of sp³-hybridized carbons (Fsp3) is 0.800. The van der Waals surface area contributed by atoms with Gasteiger partial charge in [-0.15, -0.1) is 0 Å².